The number of nitrogen functional groups attached to an aromatic ring is 1. The van der Waals surface area contributed by atoms with E-state index in [2.05, 4.69) is 5.32 Å². The van der Waals surface area contributed by atoms with Crippen molar-refractivity contribution in [1.29, 1.82) is 0 Å². The van der Waals surface area contributed by atoms with E-state index in [0.29, 0.717) is 11.3 Å². The van der Waals surface area contributed by atoms with Crippen molar-refractivity contribution >= 4 is 17.3 Å². The molecule has 0 aliphatic carbocycles. The normalized spacial score (nSPS) is 10.3. The number of aryl methyl sites for hydroxylation is 2. The zero-order valence-corrected chi connectivity index (χ0v) is 10.8. The lowest BCUT2D eigenvalue weighted by molar-refractivity contribution is 0.102. The van der Waals surface area contributed by atoms with Gasteiger partial charge >= 0.3 is 0 Å². The van der Waals surface area contributed by atoms with Crippen molar-refractivity contribution in [3.8, 4) is 0 Å². The zero-order valence-electron chi connectivity index (χ0n) is 10.8. The molecule has 0 aromatic heterocycles. The summed E-state index contributed by atoms with van der Waals surface area (Å²) in [6.45, 7) is 3.64. The molecule has 0 aliphatic rings. The number of hydrogen-bond acceptors (Lipinski definition) is 2. The molecule has 0 radical (unpaired) electrons. The molecule has 0 saturated heterocycles. The second kappa shape index (κ2) is 5.10. The first kappa shape index (κ1) is 13.1. The van der Waals surface area contributed by atoms with Crippen molar-refractivity contribution in [2.45, 2.75) is 13.8 Å². The summed E-state index contributed by atoms with van der Waals surface area (Å²) in [7, 11) is 0. The number of carbonyl (C=O) groups excluding carboxylic acids is 1. The van der Waals surface area contributed by atoms with Crippen LogP contribution in [-0.2, 0) is 0 Å². The molecule has 98 valence electrons. The number of nitrogens with two attached hydrogens (primary N) is 1. The molecule has 0 heterocycles. The summed E-state index contributed by atoms with van der Waals surface area (Å²) in [5, 5.41) is 2.53. The Morgan fingerprint density at radius 3 is 2.53 bits per heavy atom. The molecule has 0 unspecified atom stereocenters. The monoisotopic (exact) mass is 258 g/mol. The van der Waals surface area contributed by atoms with E-state index in [4.69, 9.17) is 5.73 Å². The molecule has 0 bridgehead atoms. The molecule has 0 spiro atoms. The number of nitrogens with one attached hydrogen (secondary N) is 1. The second-order valence-electron chi connectivity index (χ2n) is 4.51. The SMILES string of the molecule is Cc1ccc(NC(=O)c2ccc(C)c(N)c2)c(F)c1. The fraction of sp³-hybridized carbons (Fsp3) is 0.133. The number of benzene rings is 2. The number of halogens is 1. The van der Waals surface area contributed by atoms with Crippen LogP contribution in [0.5, 0.6) is 0 Å². The maximum atomic E-state index is 13.6. The summed E-state index contributed by atoms with van der Waals surface area (Å²) in [5.41, 5.74) is 8.56. The highest BCUT2D eigenvalue weighted by molar-refractivity contribution is 6.04. The first-order chi connectivity index (χ1) is 8.97. The Kier molecular flexibility index (Phi) is 3.51. The Labute approximate surface area is 111 Å². The molecule has 4 heteroatoms. The summed E-state index contributed by atoms with van der Waals surface area (Å²) in [5.74, 6) is -0.831. The highest BCUT2D eigenvalue weighted by atomic mass is 19.1. The Hall–Kier alpha value is -2.36. The molecule has 2 aromatic rings. The molecule has 0 aliphatic heterocycles. The minimum Gasteiger partial charge on any atom is -0.398 e. The van der Waals surface area contributed by atoms with Crippen LogP contribution in [0, 0.1) is 19.7 Å². The van der Waals surface area contributed by atoms with Gasteiger partial charge in [-0.25, -0.2) is 4.39 Å². The molecule has 2 aromatic carbocycles. The molecule has 3 N–H and O–H groups in total. The van der Waals surface area contributed by atoms with Crippen LogP contribution in [0.25, 0.3) is 0 Å². The minimum atomic E-state index is -0.451. The van der Waals surface area contributed by atoms with E-state index in [1.54, 1.807) is 37.3 Å². The topological polar surface area (TPSA) is 55.1 Å². The van der Waals surface area contributed by atoms with Gasteiger partial charge < -0.3 is 11.1 Å². The van der Waals surface area contributed by atoms with E-state index in [0.717, 1.165) is 11.1 Å². The van der Waals surface area contributed by atoms with Gasteiger partial charge in [-0.3, -0.25) is 4.79 Å². The Bertz CT molecular complexity index is 638. The van der Waals surface area contributed by atoms with E-state index in [9.17, 15) is 9.18 Å². The number of anilines is 2. The van der Waals surface area contributed by atoms with Crippen molar-refractivity contribution in [3.05, 3.63) is 58.9 Å². The smallest absolute Gasteiger partial charge is 0.255 e. The first-order valence-electron chi connectivity index (χ1n) is 5.91. The summed E-state index contributed by atoms with van der Waals surface area (Å²) in [6.07, 6.45) is 0. The van der Waals surface area contributed by atoms with Gasteiger partial charge in [-0.1, -0.05) is 12.1 Å². The van der Waals surface area contributed by atoms with E-state index in [1.165, 1.54) is 6.07 Å². The maximum Gasteiger partial charge on any atom is 0.255 e. The summed E-state index contributed by atoms with van der Waals surface area (Å²) in [6, 6.07) is 9.65. The number of carbonyl (C=O) groups is 1. The van der Waals surface area contributed by atoms with Gasteiger partial charge in [0.15, 0.2) is 0 Å². The first-order valence-corrected chi connectivity index (χ1v) is 5.91. The lowest BCUT2D eigenvalue weighted by Crippen LogP contribution is -2.13. The van der Waals surface area contributed by atoms with Crippen LogP contribution >= 0.6 is 0 Å². The third-order valence-corrected chi connectivity index (χ3v) is 2.91. The van der Waals surface area contributed by atoms with Crippen LogP contribution in [0.4, 0.5) is 15.8 Å². The van der Waals surface area contributed by atoms with Crippen molar-refractivity contribution in [2.24, 2.45) is 0 Å². The molecule has 2 rings (SSSR count). The van der Waals surface area contributed by atoms with Crippen LogP contribution < -0.4 is 11.1 Å². The standard InChI is InChI=1S/C15H15FN2O/c1-9-3-6-14(12(16)7-9)18-15(19)11-5-4-10(2)13(17)8-11/h3-8H,17H2,1-2H3,(H,18,19). The van der Waals surface area contributed by atoms with Crippen molar-refractivity contribution < 1.29 is 9.18 Å². The minimum absolute atomic E-state index is 0.162. The van der Waals surface area contributed by atoms with Gasteiger partial charge in [-0.2, -0.15) is 0 Å². The average Bonchev–Trinajstić information content (AvgIpc) is 2.36. The van der Waals surface area contributed by atoms with Gasteiger partial charge in [0.1, 0.15) is 5.82 Å². The molecule has 3 nitrogen and oxygen atoms in total. The predicted octanol–water partition coefficient (Wildman–Crippen LogP) is 3.28. The van der Waals surface area contributed by atoms with Crippen LogP contribution in [0.2, 0.25) is 0 Å². The number of rotatable bonds is 2. The van der Waals surface area contributed by atoms with Crippen molar-refractivity contribution in [3.63, 3.8) is 0 Å². The summed E-state index contributed by atoms with van der Waals surface area (Å²) in [4.78, 5) is 12.0. The average molecular weight is 258 g/mol. The third kappa shape index (κ3) is 2.91. The molecule has 1 amide bonds. The lowest BCUT2D eigenvalue weighted by Gasteiger charge is -2.08. The second-order valence-corrected chi connectivity index (χ2v) is 4.51. The summed E-state index contributed by atoms with van der Waals surface area (Å²) >= 11 is 0. The predicted molar refractivity (Wildman–Crippen MR) is 74.7 cm³/mol. The van der Waals surface area contributed by atoms with Crippen molar-refractivity contribution in [2.75, 3.05) is 11.1 Å². The molecule has 0 atom stereocenters. The van der Waals surface area contributed by atoms with Gasteiger partial charge in [0.05, 0.1) is 5.69 Å². The van der Waals surface area contributed by atoms with Gasteiger partial charge in [-0.15, -0.1) is 0 Å². The fourth-order valence-corrected chi connectivity index (χ4v) is 1.70. The lowest BCUT2D eigenvalue weighted by atomic mass is 10.1. The Morgan fingerprint density at radius 1 is 1.16 bits per heavy atom. The molecule has 0 fully saturated rings. The van der Waals surface area contributed by atoms with E-state index < -0.39 is 5.82 Å². The highest BCUT2D eigenvalue weighted by Crippen LogP contribution is 2.18. The van der Waals surface area contributed by atoms with Crippen LogP contribution in [0.15, 0.2) is 36.4 Å². The molecule has 19 heavy (non-hydrogen) atoms. The Morgan fingerprint density at radius 2 is 1.89 bits per heavy atom. The summed E-state index contributed by atoms with van der Waals surface area (Å²) < 4.78 is 13.6. The quantitative estimate of drug-likeness (QED) is 0.812. The zero-order chi connectivity index (χ0) is 14.0. The number of hydrogen-bond donors (Lipinski definition) is 2. The van der Waals surface area contributed by atoms with Crippen LogP contribution in [0.3, 0.4) is 0 Å². The molecular formula is C15H15FN2O. The Balaban J connectivity index is 2.23. The fourth-order valence-electron chi connectivity index (χ4n) is 1.70. The van der Waals surface area contributed by atoms with E-state index >= 15 is 0 Å². The third-order valence-electron chi connectivity index (χ3n) is 2.91. The van der Waals surface area contributed by atoms with Crippen LogP contribution in [-0.4, -0.2) is 5.91 Å². The number of amides is 1. The molecule has 0 saturated carbocycles. The maximum absolute atomic E-state index is 13.6. The highest BCUT2D eigenvalue weighted by Gasteiger charge is 2.10. The van der Waals surface area contributed by atoms with Gasteiger partial charge in [0.25, 0.3) is 5.91 Å². The van der Waals surface area contributed by atoms with Gasteiger partial charge in [0, 0.05) is 11.3 Å². The van der Waals surface area contributed by atoms with Crippen molar-refractivity contribution in [1.82, 2.24) is 0 Å². The van der Waals surface area contributed by atoms with E-state index in [-0.39, 0.29) is 11.6 Å². The van der Waals surface area contributed by atoms with Gasteiger partial charge in [0.2, 0.25) is 0 Å². The van der Waals surface area contributed by atoms with E-state index in [1.807, 2.05) is 6.92 Å². The largest absolute Gasteiger partial charge is 0.398 e. The van der Waals surface area contributed by atoms with Gasteiger partial charge in [-0.05, 0) is 49.2 Å². The molecular weight excluding hydrogens is 243 g/mol. The van der Waals surface area contributed by atoms with Crippen LogP contribution in [0.1, 0.15) is 21.5 Å².